The van der Waals surface area contributed by atoms with Gasteiger partial charge in [0.25, 0.3) is 0 Å². The maximum absolute atomic E-state index is 11.9. The second kappa shape index (κ2) is 7.65. The molecule has 1 atom stereocenters. The number of nitrogens with two attached hydrogens (primary N) is 2. The Morgan fingerprint density at radius 1 is 1.23 bits per heavy atom. The number of carbonyl (C=O) groups is 1. The van der Waals surface area contributed by atoms with Crippen LogP contribution in [0.5, 0.6) is 0 Å². The lowest BCUT2D eigenvalue weighted by Crippen LogP contribution is -2.29. The van der Waals surface area contributed by atoms with Crippen LogP contribution < -0.4 is 16.8 Å². The molecule has 1 aromatic carbocycles. The summed E-state index contributed by atoms with van der Waals surface area (Å²) in [6.07, 6.45) is 0. The molecule has 0 aliphatic rings. The average molecular weight is 317 g/mol. The topological polar surface area (TPSA) is 107 Å². The van der Waals surface area contributed by atoms with Crippen LogP contribution in [0.1, 0.15) is 18.4 Å². The summed E-state index contributed by atoms with van der Waals surface area (Å²) in [6.45, 7) is 2.66. The van der Waals surface area contributed by atoms with Gasteiger partial charge in [-0.1, -0.05) is 49.0 Å². The quantitative estimate of drug-likeness (QED) is 0.552. The third kappa shape index (κ3) is 4.92. The van der Waals surface area contributed by atoms with Gasteiger partial charge in [-0.25, -0.2) is 9.97 Å². The predicted octanol–water partition coefficient (Wildman–Crippen LogP) is 1.65. The van der Waals surface area contributed by atoms with E-state index >= 15 is 0 Å². The van der Waals surface area contributed by atoms with Gasteiger partial charge < -0.3 is 16.8 Å². The van der Waals surface area contributed by atoms with Crippen LogP contribution in [0.2, 0.25) is 0 Å². The van der Waals surface area contributed by atoms with Gasteiger partial charge in [0.2, 0.25) is 5.91 Å². The molecule has 0 saturated carbocycles. The highest BCUT2D eigenvalue weighted by Crippen LogP contribution is 2.16. The molecule has 7 heteroatoms. The third-order valence-electron chi connectivity index (χ3n) is 3.05. The summed E-state index contributed by atoms with van der Waals surface area (Å²) in [6, 6.07) is 11.5. The maximum atomic E-state index is 11.9. The molecule has 1 amide bonds. The average Bonchev–Trinajstić information content (AvgIpc) is 2.50. The predicted molar refractivity (Wildman–Crippen MR) is 89.4 cm³/mol. The molecule has 0 aliphatic carbocycles. The molecule has 1 unspecified atom stereocenters. The summed E-state index contributed by atoms with van der Waals surface area (Å²) in [4.78, 5) is 19.9. The summed E-state index contributed by atoms with van der Waals surface area (Å²) in [5.41, 5.74) is 12.4. The second-order valence-electron chi connectivity index (χ2n) is 4.90. The molecule has 1 heterocycles. The number of anilines is 2. The van der Waals surface area contributed by atoms with Gasteiger partial charge in [0.15, 0.2) is 5.16 Å². The van der Waals surface area contributed by atoms with Crippen LogP contribution in [0, 0.1) is 0 Å². The molecule has 0 saturated heterocycles. The zero-order chi connectivity index (χ0) is 15.9. The molecule has 0 aliphatic heterocycles. The van der Waals surface area contributed by atoms with Crippen LogP contribution in [0.4, 0.5) is 11.6 Å². The zero-order valence-electron chi connectivity index (χ0n) is 12.3. The van der Waals surface area contributed by atoms with E-state index < -0.39 is 0 Å². The van der Waals surface area contributed by atoms with E-state index in [1.165, 1.54) is 23.4 Å². The van der Waals surface area contributed by atoms with Crippen molar-refractivity contribution in [1.29, 1.82) is 0 Å². The van der Waals surface area contributed by atoms with E-state index in [1.54, 1.807) is 0 Å². The Labute approximate surface area is 133 Å². The van der Waals surface area contributed by atoms with Crippen molar-refractivity contribution in [3.63, 3.8) is 0 Å². The molecule has 0 spiro atoms. The number of aromatic nitrogens is 2. The normalized spacial score (nSPS) is 11.9. The number of nitrogens with zero attached hydrogens (tertiary/aromatic N) is 2. The number of hydrogen-bond acceptors (Lipinski definition) is 6. The summed E-state index contributed by atoms with van der Waals surface area (Å²) < 4.78 is 0. The number of nitrogens with one attached hydrogen (secondary N) is 1. The lowest BCUT2D eigenvalue weighted by Gasteiger charge is -2.12. The van der Waals surface area contributed by atoms with E-state index in [0.717, 1.165) is 0 Å². The highest BCUT2D eigenvalue weighted by Gasteiger charge is 2.09. The maximum Gasteiger partial charge on any atom is 0.230 e. The van der Waals surface area contributed by atoms with Gasteiger partial charge in [-0.2, -0.15) is 0 Å². The fourth-order valence-electron chi connectivity index (χ4n) is 1.87. The minimum atomic E-state index is -0.0719. The van der Waals surface area contributed by atoms with E-state index in [4.69, 9.17) is 11.5 Å². The molecule has 116 valence electrons. The fraction of sp³-hybridized carbons (Fsp3) is 0.267. The first-order chi connectivity index (χ1) is 10.5. The molecule has 0 bridgehead atoms. The molecule has 5 N–H and O–H groups in total. The van der Waals surface area contributed by atoms with Gasteiger partial charge in [0.05, 0.1) is 5.75 Å². The van der Waals surface area contributed by atoms with E-state index in [1.807, 2.05) is 18.2 Å². The van der Waals surface area contributed by atoms with Gasteiger partial charge in [-0.3, -0.25) is 4.79 Å². The van der Waals surface area contributed by atoms with Crippen LogP contribution in [0.25, 0.3) is 0 Å². The summed E-state index contributed by atoms with van der Waals surface area (Å²) in [5.74, 6) is 1.01. The number of benzene rings is 1. The first-order valence-electron chi connectivity index (χ1n) is 6.89. The van der Waals surface area contributed by atoms with Crippen LogP contribution in [-0.2, 0) is 4.79 Å². The minimum absolute atomic E-state index is 0.0719. The van der Waals surface area contributed by atoms with Crippen molar-refractivity contribution >= 4 is 29.3 Å². The smallest absolute Gasteiger partial charge is 0.230 e. The first-order valence-corrected chi connectivity index (χ1v) is 7.87. The van der Waals surface area contributed by atoms with Crippen molar-refractivity contribution < 1.29 is 4.79 Å². The van der Waals surface area contributed by atoms with Gasteiger partial charge in [-0.05, 0) is 11.5 Å². The Morgan fingerprint density at radius 3 is 2.50 bits per heavy atom. The molecular formula is C15H19N5OS. The SMILES string of the molecule is CC(CNC(=O)CSc1nc(N)cc(N)n1)c1ccccc1. The number of thioether (sulfide) groups is 1. The first kappa shape index (κ1) is 16.1. The van der Waals surface area contributed by atoms with E-state index in [2.05, 4.69) is 34.3 Å². The Hall–Kier alpha value is -2.28. The third-order valence-corrected chi connectivity index (χ3v) is 3.90. The molecule has 0 fully saturated rings. The van der Waals surface area contributed by atoms with Gasteiger partial charge in [-0.15, -0.1) is 0 Å². The summed E-state index contributed by atoms with van der Waals surface area (Å²) in [7, 11) is 0. The van der Waals surface area contributed by atoms with Crippen molar-refractivity contribution in [2.75, 3.05) is 23.8 Å². The lowest BCUT2D eigenvalue weighted by atomic mass is 10.0. The van der Waals surface area contributed by atoms with E-state index in [9.17, 15) is 4.79 Å². The number of nitrogen functional groups attached to an aromatic ring is 2. The zero-order valence-corrected chi connectivity index (χ0v) is 13.1. The van der Waals surface area contributed by atoms with Crippen molar-refractivity contribution in [2.45, 2.75) is 18.0 Å². The molecule has 0 radical (unpaired) electrons. The Kier molecular flexibility index (Phi) is 5.60. The number of hydrogen-bond donors (Lipinski definition) is 3. The fourth-order valence-corrected chi connectivity index (χ4v) is 2.58. The molecule has 2 aromatic rings. The largest absolute Gasteiger partial charge is 0.383 e. The Bertz CT molecular complexity index is 615. The van der Waals surface area contributed by atoms with Gasteiger partial charge >= 0.3 is 0 Å². The van der Waals surface area contributed by atoms with Crippen molar-refractivity contribution in [1.82, 2.24) is 15.3 Å². The van der Waals surface area contributed by atoms with E-state index in [0.29, 0.717) is 23.3 Å². The number of rotatable bonds is 6. The Morgan fingerprint density at radius 2 is 1.86 bits per heavy atom. The van der Waals surface area contributed by atoms with E-state index in [-0.39, 0.29) is 17.6 Å². The van der Waals surface area contributed by atoms with Crippen LogP contribution >= 0.6 is 11.8 Å². The number of carbonyl (C=O) groups excluding carboxylic acids is 1. The minimum Gasteiger partial charge on any atom is -0.383 e. The van der Waals surface area contributed by atoms with Crippen LogP contribution in [0.15, 0.2) is 41.6 Å². The lowest BCUT2D eigenvalue weighted by molar-refractivity contribution is -0.118. The monoisotopic (exact) mass is 317 g/mol. The molecule has 2 rings (SSSR count). The molecule has 22 heavy (non-hydrogen) atoms. The number of amides is 1. The van der Waals surface area contributed by atoms with Crippen molar-refractivity contribution in [3.05, 3.63) is 42.0 Å². The van der Waals surface area contributed by atoms with Crippen LogP contribution in [0.3, 0.4) is 0 Å². The summed E-state index contributed by atoms with van der Waals surface area (Å²) >= 11 is 1.21. The van der Waals surface area contributed by atoms with Crippen LogP contribution in [-0.4, -0.2) is 28.2 Å². The highest BCUT2D eigenvalue weighted by molar-refractivity contribution is 7.99. The Balaban J connectivity index is 1.78. The molecule has 1 aromatic heterocycles. The van der Waals surface area contributed by atoms with Gasteiger partial charge in [0, 0.05) is 12.6 Å². The molecular weight excluding hydrogens is 298 g/mol. The van der Waals surface area contributed by atoms with Crippen molar-refractivity contribution in [2.24, 2.45) is 0 Å². The highest BCUT2D eigenvalue weighted by atomic mass is 32.2. The summed E-state index contributed by atoms with van der Waals surface area (Å²) in [5, 5.41) is 3.31. The second-order valence-corrected chi connectivity index (χ2v) is 5.85. The standard InChI is InChI=1S/C15H19N5OS/c1-10(11-5-3-2-4-6-11)8-18-14(21)9-22-15-19-12(16)7-13(17)20-15/h2-7,10H,8-9H2,1H3,(H,18,21)(H4,16,17,19,20). The molecule has 6 nitrogen and oxygen atoms in total. The van der Waals surface area contributed by atoms with Gasteiger partial charge in [0.1, 0.15) is 11.6 Å². The van der Waals surface area contributed by atoms with Crippen molar-refractivity contribution in [3.8, 4) is 0 Å².